The molecule has 1 heterocycles. The molecule has 3 rings (SSSR count). The Kier molecular flexibility index (Phi) is 3.69. The molecule has 0 saturated heterocycles. The van der Waals surface area contributed by atoms with Crippen molar-refractivity contribution in [2.24, 2.45) is 0 Å². The first-order valence-corrected chi connectivity index (χ1v) is 6.96. The highest BCUT2D eigenvalue weighted by molar-refractivity contribution is 5.59. The number of nitrogen functional groups attached to an aromatic ring is 1. The predicted octanol–water partition coefficient (Wildman–Crippen LogP) is 3.41. The molecule has 106 valence electrons. The highest BCUT2D eigenvalue weighted by Gasteiger charge is 2.10. The minimum absolute atomic E-state index is 0.636. The molecule has 0 aliphatic carbocycles. The second kappa shape index (κ2) is 5.79. The van der Waals surface area contributed by atoms with Crippen molar-refractivity contribution in [3.63, 3.8) is 0 Å². The lowest BCUT2D eigenvalue weighted by atomic mass is 10.1. The summed E-state index contributed by atoms with van der Waals surface area (Å²) in [6, 6.07) is 15.9. The Morgan fingerprint density at radius 3 is 2.57 bits per heavy atom. The van der Waals surface area contributed by atoms with Gasteiger partial charge in [-0.05, 0) is 30.5 Å². The fraction of sp³-hybridized carbons (Fsp3) is 0.176. The molecule has 0 aliphatic rings. The molecular weight excluding hydrogens is 262 g/mol. The molecule has 4 heteroatoms. The Bertz CT molecular complexity index is 749. The van der Waals surface area contributed by atoms with Gasteiger partial charge in [-0.1, -0.05) is 47.6 Å². The molecule has 21 heavy (non-hydrogen) atoms. The summed E-state index contributed by atoms with van der Waals surface area (Å²) in [6.45, 7) is 2.04. The topological polar surface area (TPSA) is 64.9 Å². The average molecular weight is 279 g/mol. The number of aromatic nitrogens is 2. The largest absolute Gasteiger partial charge is 0.399 e. The fourth-order valence-electron chi connectivity index (χ4n) is 2.29. The number of para-hydroxylation sites is 1. The maximum atomic E-state index is 5.93. The van der Waals surface area contributed by atoms with E-state index in [0.29, 0.717) is 18.1 Å². The van der Waals surface area contributed by atoms with E-state index in [4.69, 9.17) is 10.3 Å². The molecule has 0 radical (unpaired) electrons. The molecule has 0 spiro atoms. The predicted molar refractivity (Wildman–Crippen MR) is 82.7 cm³/mol. The number of benzene rings is 2. The molecule has 0 fully saturated rings. The number of hydrogen-bond donors (Lipinski definition) is 1. The third-order valence-corrected chi connectivity index (χ3v) is 3.52. The van der Waals surface area contributed by atoms with Crippen molar-refractivity contribution in [2.45, 2.75) is 19.8 Å². The molecule has 0 amide bonds. The van der Waals surface area contributed by atoms with Crippen molar-refractivity contribution < 1.29 is 4.52 Å². The van der Waals surface area contributed by atoms with Crippen molar-refractivity contribution in [1.29, 1.82) is 0 Å². The number of hydrogen-bond acceptors (Lipinski definition) is 4. The van der Waals surface area contributed by atoms with Gasteiger partial charge in [0.1, 0.15) is 0 Å². The Labute approximate surface area is 123 Å². The monoisotopic (exact) mass is 279 g/mol. The summed E-state index contributed by atoms with van der Waals surface area (Å²) in [7, 11) is 0. The van der Waals surface area contributed by atoms with Gasteiger partial charge in [-0.2, -0.15) is 4.98 Å². The normalized spacial score (nSPS) is 10.7. The average Bonchev–Trinajstić information content (AvgIpc) is 2.96. The summed E-state index contributed by atoms with van der Waals surface area (Å²) < 4.78 is 5.33. The Morgan fingerprint density at radius 2 is 1.76 bits per heavy atom. The maximum Gasteiger partial charge on any atom is 0.227 e. The number of anilines is 1. The highest BCUT2D eigenvalue weighted by atomic mass is 16.5. The van der Waals surface area contributed by atoms with Gasteiger partial charge in [0.15, 0.2) is 0 Å². The lowest BCUT2D eigenvalue weighted by Gasteiger charge is -2.02. The van der Waals surface area contributed by atoms with Crippen molar-refractivity contribution in [1.82, 2.24) is 10.1 Å². The van der Waals surface area contributed by atoms with E-state index in [1.807, 2.05) is 55.5 Å². The molecule has 0 atom stereocenters. The molecule has 0 bridgehead atoms. The highest BCUT2D eigenvalue weighted by Crippen LogP contribution is 2.20. The number of nitrogens with two attached hydrogens (primary N) is 1. The molecule has 0 unspecified atom stereocenters. The van der Waals surface area contributed by atoms with Gasteiger partial charge in [-0.15, -0.1) is 0 Å². The van der Waals surface area contributed by atoms with Crippen LogP contribution in [0.15, 0.2) is 53.1 Å². The number of nitrogens with zero attached hydrogens (tertiary/aromatic N) is 2. The van der Waals surface area contributed by atoms with Gasteiger partial charge < -0.3 is 10.3 Å². The third-order valence-electron chi connectivity index (χ3n) is 3.52. The number of rotatable bonds is 4. The first kappa shape index (κ1) is 13.4. The molecule has 2 N–H and O–H groups in total. The van der Waals surface area contributed by atoms with Gasteiger partial charge in [0, 0.05) is 17.7 Å². The van der Waals surface area contributed by atoms with Crippen molar-refractivity contribution in [2.75, 3.05) is 5.73 Å². The van der Waals surface area contributed by atoms with E-state index >= 15 is 0 Å². The molecular formula is C17H17N3O. The van der Waals surface area contributed by atoms with Crippen LogP contribution in [-0.2, 0) is 12.8 Å². The summed E-state index contributed by atoms with van der Waals surface area (Å²) in [5, 5.41) is 4.06. The maximum absolute atomic E-state index is 5.93. The first-order valence-electron chi connectivity index (χ1n) is 6.96. The van der Waals surface area contributed by atoms with Crippen LogP contribution in [0.5, 0.6) is 0 Å². The van der Waals surface area contributed by atoms with E-state index in [-0.39, 0.29) is 0 Å². The van der Waals surface area contributed by atoms with Crippen LogP contribution in [0.25, 0.3) is 11.4 Å². The standard InChI is InChI=1S/C17H17N3O/c1-12-6-2-4-8-14(12)17-19-16(21-20-17)11-10-13-7-3-5-9-15(13)18/h2-9H,10-11,18H2,1H3. The molecule has 1 aromatic heterocycles. The van der Waals surface area contributed by atoms with E-state index in [0.717, 1.165) is 28.8 Å². The van der Waals surface area contributed by atoms with Crippen LogP contribution < -0.4 is 5.73 Å². The lowest BCUT2D eigenvalue weighted by molar-refractivity contribution is 0.379. The molecule has 0 saturated carbocycles. The van der Waals surface area contributed by atoms with Gasteiger partial charge in [-0.25, -0.2) is 0 Å². The zero-order valence-corrected chi connectivity index (χ0v) is 11.9. The van der Waals surface area contributed by atoms with E-state index < -0.39 is 0 Å². The first-order chi connectivity index (χ1) is 10.2. The van der Waals surface area contributed by atoms with Crippen molar-refractivity contribution in [3.8, 4) is 11.4 Å². The summed E-state index contributed by atoms with van der Waals surface area (Å²) in [5.74, 6) is 1.28. The van der Waals surface area contributed by atoms with Crippen LogP contribution in [-0.4, -0.2) is 10.1 Å². The van der Waals surface area contributed by atoms with E-state index in [1.54, 1.807) is 0 Å². The van der Waals surface area contributed by atoms with Crippen LogP contribution in [0, 0.1) is 6.92 Å². The van der Waals surface area contributed by atoms with Gasteiger partial charge in [-0.3, -0.25) is 0 Å². The smallest absolute Gasteiger partial charge is 0.227 e. The minimum atomic E-state index is 0.636. The molecule has 3 aromatic rings. The SMILES string of the molecule is Cc1ccccc1-c1noc(CCc2ccccc2N)n1. The third kappa shape index (κ3) is 2.94. The van der Waals surface area contributed by atoms with Gasteiger partial charge in [0.25, 0.3) is 0 Å². The summed E-state index contributed by atoms with van der Waals surface area (Å²) in [5.41, 5.74) is 9.98. The summed E-state index contributed by atoms with van der Waals surface area (Å²) in [4.78, 5) is 4.47. The Morgan fingerprint density at radius 1 is 1.00 bits per heavy atom. The van der Waals surface area contributed by atoms with Crippen LogP contribution in [0.3, 0.4) is 0 Å². The van der Waals surface area contributed by atoms with Gasteiger partial charge >= 0.3 is 0 Å². The van der Waals surface area contributed by atoms with Crippen LogP contribution in [0.1, 0.15) is 17.0 Å². The molecule has 0 aliphatic heterocycles. The molecule has 2 aromatic carbocycles. The second-order valence-electron chi connectivity index (χ2n) is 5.03. The van der Waals surface area contributed by atoms with Gasteiger partial charge in [0.2, 0.25) is 11.7 Å². The van der Waals surface area contributed by atoms with Crippen LogP contribution in [0.4, 0.5) is 5.69 Å². The number of aryl methyl sites for hydroxylation is 3. The van der Waals surface area contributed by atoms with Crippen LogP contribution in [0.2, 0.25) is 0 Å². The minimum Gasteiger partial charge on any atom is -0.399 e. The lowest BCUT2D eigenvalue weighted by Crippen LogP contribution is -1.97. The van der Waals surface area contributed by atoms with Crippen molar-refractivity contribution >= 4 is 5.69 Å². The molecule has 4 nitrogen and oxygen atoms in total. The zero-order chi connectivity index (χ0) is 14.7. The van der Waals surface area contributed by atoms with E-state index in [1.165, 1.54) is 0 Å². The van der Waals surface area contributed by atoms with Crippen molar-refractivity contribution in [3.05, 3.63) is 65.5 Å². The quantitative estimate of drug-likeness (QED) is 0.743. The van der Waals surface area contributed by atoms with E-state index in [2.05, 4.69) is 10.1 Å². The van der Waals surface area contributed by atoms with Gasteiger partial charge in [0.05, 0.1) is 0 Å². The van der Waals surface area contributed by atoms with Crippen LogP contribution >= 0.6 is 0 Å². The second-order valence-corrected chi connectivity index (χ2v) is 5.03. The fourth-order valence-corrected chi connectivity index (χ4v) is 2.29. The summed E-state index contributed by atoms with van der Waals surface area (Å²) in [6.07, 6.45) is 1.48. The van der Waals surface area contributed by atoms with E-state index in [9.17, 15) is 0 Å². The Balaban J connectivity index is 1.74. The zero-order valence-electron chi connectivity index (χ0n) is 11.9. The summed E-state index contributed by atoms with van der Waals surface area (Å²) >= 11 is 0. The Hall–Kier alpha value is -2.62.